The normalized spacial score (nSPS) is 10.8. The van der Waals surface area contributed by atoms with Crippen molar-refractivity contribution in [1.29, 1.82) is 0 Å². The molecule has 0 unspecified atom stereocenters. The van der Waals surface area contributed by atoms with Crippen LogP contribution in [0.2, 0.25) is 5.02 Å². The highest BCUT2D eigenvalue weighted by molar-refractivity contribution is 9.10. The van der Waals surface area contributed by atoms with Crippen LogP contribution in [0.3, 0.4) is 0 Å². The van der Waals surface area contributed by atoms with Crippen molar-refractivity contribution in [2.45, 2.75) is 6.54 Å². The largest absolute Gasteiger partial charge is 0.379 e. The summed E-state index contributed by atoms with van der Waals surface area (Å²) in [6, 6.07) is 14.0. The summed E-state index contributed by atoms with van der Waals surface area (Å²) >= 11 is 13.1. The number of aromatic nitrogens is 1. The van der Waals surface area contributed by atoms with Gasteiger partial charge in [-0.2, -0.15) is 0 Å². The molecule has 0 atom stereocenters. The predicted molar refractivity (Wildman–Crippen MR) is 95.9 cm³/mol. The van der Waals surface area contributed by atoms with Crippen LogP contribution >= 0.6 is 43.5 Å². The summed E-state index contributed by atoms with van der Waals surface area (Å²) in [6.07, 6.45) is 1.81. The fourth-order valence-electron chi connectivity index (χ4n) is 2.15. The van der Waals surface area contributed by atoms with Crippen LogP contribution in [0.25, 0.3) is 10.9 Å². The van der Waals surface area contributed by atoms with Gasteiger partial charge in [-0.15, -0.1) is 0 Å². The molecule has 0 aliphatic rings. The van der Waals surface area contributed by atoms with Crippen molar-refractivity contribution >= 4 is 60.1 Å². The van der Waals surface area contributed by atoms with E-state index in [0.717, 1.165) is 36.1 Å². The van der Waals surface area contributed by atoms with E-state index < -0.39 is 0 Å². The highest BCUT2D eigenvalue weighted by Gasteiger charge is 2.05. The number of pyridine rings is 1. The van der Waals surface area contributed by atoms with E-state index in [4.69, 9.17) is 11.6 Å². The zero-order chi connectivity index (χ0) is 14.8. The summed E-state index contributed by atoms with van der Waals surface area (Å²) in [5.74, 6) is 0. The van der Waals surface area contributed by atoms with E-state index in [9.17, 15) is 0 Å². The Kier molecular flexibility index (Phi) is 4.48. The van der Waals surface area contributed by atoms with Gasteiger partial charge in [0.2, 0.25) is 0 Å². The molecule has 1 aromatic heterocycles. The Bertz CT molecular complexity index is 805. The number of hydrogen-bond acceptors (Lipinski definition) is 2. The summed E-state index contributed by atoms with van der Waals surface area (Å²) in [6.45, 7) is 0.648. The molecule has 5 heteroatoms. The smallest absolute Gasteiger partial charge is 0.0934 e. The van der Waals surface area contributed by atoms with Crippen LogP contribution in [-0.4, -0.2) is 4.98 Å². The van der Waals surface area contributed by atoms with Crippen LogP contribution in [0.4, 0.5) is 5.69 Å². The first-order valence-electron chi connectivity index (χ1n) is 6.35. The average molecular weight is 427 g/mol. The number of rotatable bonds is 3. The van der Waals surface area contributed by atoms with E-state index >= 15 is 0 Å². The van der Waals surface area contributed by atoms with Gasteiger partial charge in [0, 0.05) is 32.1 Å². The van der Waals surface area contributed by atoms with Gasteiger partial charge in [-0.05, 0) is 51.8 Å². The number of nitrogens with zero attached hydrogens (tertiary/aromatic N) is 1. The van der Waals surface area contributed by atoms with Crippen molar-refractivity contribution in [2.24, 2.45) is 0 Å². The maximum atomic E-state index is 6.22. The molecule has 0 spiro atoms. The Morgan fingerprint density at radius 1 is 1.05 bits per heavy atom. The second kappa shape index (κ2) is 6.34. The second-order valence-corrected chi connectivity index (χ2v) is 6.86. The number of benzene rings is 2. The number of fused-ring (bicyclic) bond motifs is 1. The number of anilines is 1. The third-order valence-electron chi connectivity index (χ3n) is 3.15. The van der Waals surface area contributed by atoms with E-state index in [1.807, 2.05) is 36.4 Å². The van der Waals surface area contributed by atoms with E-state index in [2.05, 4.69) is 48.2 Å². The molecule has 3 rings (SSSR count). The quantitative estimate of drug-likeness (QED) is 0.553. The zero-order valence-corrected chi connectivity index (χ0v) is 14.8. The van der Waals surface area contributed by atoms with Gasteiger partial charge in [-0.25, -0.2) is 0 Å². The van der Waals surface area contributed by atoms with E-state index in [0.29, 0.717) is 6.54 Å². The molecule has 106 valence electrons. The standard InChI is InChI=1S/C16H11Br2ClN2/c17-12-4-5-14(19)11(7-12)8-20-15-3-1-2-10-6-13(18)9-21-16(10)15/h1-7,9,20H,8H2. The molecule has 0 aliphatic carbocycles. The lowest BCUT2D eigenvalue weighted by atomic mass is 10.1. The Morgan fingerprint density at radius 2 is 1.90 bits per heavy atom. The maximum Gasteiger partial charge on any atom is 0.0934 e. The lowest BCUT2D eigenvalue weighted by molar-refractivity contribution is 1.15. The number of nitrogens with one attached hydrogen (secondary N) is 1. The van der Waals surface area contributed by atoms with Crippen molar-refractivity contribution in [3.63, 3.8) is 0 Å². The first-order chi connectivity index (χ1) is 10.1. The van der Waals surface area contributed by atoms with Crippen LogP contribution < -0.4 is 5.32 Å². The van der Waals surface area contributed by atoms with Crippen LogP contribution in [0.5, 0.6) is 0 Å². The van der Waals surface area contributed by atoms with E-state index in [-0.39, 0.29) is 0 Å². The summed E-state index contributed by atoms with van der Waals surface area (Å²) in [4.78, 5) is 4.48. The highest BCUT2D eigenvalue weighted by atomic mass is 79.9. The molecule has 2 nitrogen and oxygen atoms in total. The van der Waals surface area contributed by atoms with Gasteiger partial charge in [0.15, 0.2) is 0 Å². The van der Waals surface area contributed by atoms with Crippen molar-refractivity contribution in [3.05, 3.63) is 68.2 Å². The molecule has 0 bridgehead atoms. The lowest BCUT2D eigenvalue weighted by Gasteiger charge is -2.11. The lowest BCUT2D eigenvalue weighted by Crippen LogP contribution is -2.01. The Balaban J connectivity index is 1.90. The van der Waals surface area contributed by atoms with Crippen molar-refractivity contribution in [1.82, 2.24) is 4.98 Å². The Labute approximate surface area is 144 Å². The summed E-state index contributed by atoms with van der Waals surface area (Å²) in [5.41, 5.74) is 2.99. The molecule has 0 fully saturated rings. The van der Waals surface area contributed by atoms with Gasteiger partial charge in [0.05, 0.1) is 11.2 Å². The molecule has 2 aromatic carbocycles. The minimum atomic E-state index is 0.648. The van der Waals surface area contributed by atoms with Gasteiger partial charge in [-0.3, -0.25) is 4.98 Å². The molecular weight excluding hydrogens is 415 g/mol. The fourth-order valence-corrected chi connectivity index (χ4v) is 3.09. The summed E-state index contributed by atoms with van der Waals surface area (Å²) in [7, 11) is 0. The Morgan fingerprint density at radius 3 is 2.76 bits per heavy atom. The molecule has 0 aliphatic heterocycles. The van der Waals surface area contributed by atoms with Gasteiger partial charge in [0.25, 0.3) is 0 Å². The van der Waals surface area contributed by atoms with E-state index in [1.54, 1.807) is 6.20 Å². The molecule has 0 radical (unpaired) electrons. The van der Waals surface area contributed by atoms with Gasteiger partial charge in [0.1, 0.15) is 0 Å². The minimum absolute atomic E-state index is 0.648. The van der Waals surface area contributed by atoms with Crippen molar-refractivity contribution in [2.75, 3.05) is 5.32 Å². The van der Waals surface area contributed by atoms with Gasteiger partial charge >= 0.3 is 0 Å². The van der Waals surface area contributed by atoms with Crippen LogP contribution in [0.1, 0.15) is 5.56 Å². The maximum absolute atomic E-state index is 6.22. The van der Waals surface area contributed by atoms with Crippen LogP contribution in [0, 0.1) is 0 Å². The van der Waals surface area contributed by atoms with Crippen LogP contribution in [-0.2, 0) is 6.54 Å². The molecule has 3 aromatic rings. The highest BCUT2D eigenvalue weighted by Crippen LogP contribution is 2.26. The zero-order valence-electron chi connectivity index (χ0n) is 10.9. The monoisotopic (exact) mass is 424 g/mol. The average Bonchev–Trinajstić information content (AvgIpc) is 2.47. The third kappa shape index (κ3) is 3.39. The summed E-state index contributed by atoms with van der Waals surface area (Å²) in [5, 5.41) is 5.25. The van der Waals surface area contributed by atoms with Crippen LogP contribution in [0.15, 0.2) is 57.6 Å². The molecule has 0 saturated heterocycles. The Hall–Kier alpha value is -1.10. The van der Waals surface area contributed by atoms with Gasteiger partial charge < -0.3 is 5.32 Å². The first kappa shape index (κ1) is 14.8. The molecule has 0 saturated carbocycles. The number of para-hydroxylation sites is 1. The molecule has 1 heterocycles. The minimum Gasteiger partial charge on any atom is -0.379 e. The molecule has 1 N–H and O–H groups in total. The molecule has 0 amide bonds. The number of hydrogen-bond donors (Lipinski definition) is 1. The molecular formula is C16H11Br2ClN2. The molecule has 21 heavy (non-hydrogen) atoms. The van der Waals surface area contributed by atoms with E-state index in [1.165, 1.54) is 0 Å². The van der Waals surface area contributed by atoms with Gasteiger partial charge in [-0.1, -0.05) is 39.7 Å². The van der Waals surface area contributed by atoms with Crippen molar-refractivity contribution < 1.29 is 0 Å². The second-order valence-electron chi connectivity index (χ2n) is 4.62. The fraction of sp³-hybridized carbons (Fsp3) is 0.0625. The first-order valence-corrected chi connectivity index (χ1v) is 8.32. The predicted octanol–water partition coefficient (Wildman–Crippen LogP) is 6.03. The SMILES string of the molecule is Clc1ccc(Br)cc1CNc1cccc2cc(Br)cnc12. The van der Waals surface area contributed by atoms with Crippen molar-refractivity contribution in [3.8, 4) is 0 Å². The third-order valence-corrected chi connectivity index (χ3v) is 4.45. The topological polar surface area (TPSA) is 24.9 Å². The number of halogens is 3. The summed E-state index contributed by atoms with van der Waals surface area (Å²) < 4.78 is 1.99.